The molecule has 1 aromatic heterocycles. The average molecular weight is 396 g/mol. The Morgan fingerprint density at radius 2 is 1.56 bits per heavy atom. The van der Waals surface area contributed by atoms with E-state index in [1.165, 1.54) is 5.56 Å². The third-order valence-corrected chi connectivity index (χ3v) is 4.61. The van der Waals surface area contributed by atoms with E-state index in [1.807, 2.05) is 54.6 Å². The number of hydrogen-bond donors (Lipinski definition) is 1. The van der Waals surface area contributed by atoms with Crippen LogP contribution in [0.4, 0.5) is 11.5 Å². The second-order valence-corrected chi connectivity index (χ2v) is 6.49. The molecule has 5 heteroatoms. The van der Waals surface area contributed by atoms with Crippen LogP contribution in [0.15, 0.2) is 72.8 Å². The Morgan fingerprint density at radius 3 is 2.33 bits per heavy atom. The molecule has 0 bridgehead atoms. The zero-order chi connectivity index (χ0) is 17.9. The summed E-state index contributed by atoms with van der Waals surface area (Å²) in [6, 6.07) is 23.9. The topological polar surface area (TPSA) is 37.8 Å². The molecule has 0 unspecified atom stereocenters. The summed E-state index contributed by atoms with van der Waals surface area (Å²) < 4.78 is 0. The Labute approximate surface area is 169 Å². The van der Waals surface area contributed by atoms with Gasteiger partial charge < -0.3 is 5.32 Å². The summed E-state index contributed by atoms with van der Waals surface area (Å²) in [6.45, 7) is 2.15. The maximum atomic E-state index is 6.01. The zero-order valence-electron chi connectivity index (χ0n) is 14.8. The normalized spacial score (nSPS) is 10.4. The lowest BCUT2D eigenvalue weighted by molar-refractivity contribution is 1.14. The van der Waals surface area contributed by atoms with E-state index in [1.54, 1.807) is 0 Å². The molecule has 0 aliphatic carbocycles. The molecule has 3 nitrogen and oxygen atoms in total. The minimum absolute atomic E-state index is 0. The van der Waals surface area contributed by atoms with Crippen molar-refractivity contribution in [3.63, 3.8) is 0 Å². The van der Waals surface area contributed by atoms with Crippen LogP contribution in [0.1, 0.15) is 12.5 Å². The first-order valence-electron chi connectivity index (χ1n) is 8.62. The van der Waals surface area contributed by atoms with Crippen molar-refractivity contribution in [2.75, 3.05) is 5.32 Å². The van der Waals surface area contributed by atoms with E-state index in [-0.39, 0.29) is 12.4 Å². The number of aromatic nitrogens is 2. The van der Waals surface area contributed by atoms with E-state index in [0.29, 0.717) is 10.8 Å². The van der Waals surface area contributed by atoms with Gasteiger partial charge in [0.25, 0.3) is 0 Å². The Bertz CT molecular complexity index is 1060. The predicted octanol–water partition coefficient (Wildman–Crippen LogP) is 6.68. The quantitative estimate of drug-likeness (QED) is 0.418. The molecule has 1 N–H and O–H groups in total. The molecule has 1 heterocycles. The minimum Gasteiger partial charge on any atom is -0.339 e. The summed E-state index contributed by atoms with van der Waals surface area (Å²) >= 11 is 6.01. The summed E-state index contributed by atoms with van der Waals surface area (Å²) in [5.41, 5.74) is 4.17. The molecular formula is C22H19Cl2N3. The molecule has 0 atom stereocenters. The number of nitrogens with zero attached hydrogens (tertiary/aromatic N) is 2. The zero-order valence-corrected chi connectivity index (χ0v) is 16.4. The number of benzene rings is 3. The van der Waals surface area contributed by atoms with Gasteiger partial charge in [0.05, 0.1) is 5.52 Å². The number of para-hydroxylation sites is 2. The first kappa shape index (κ1) is 19.2. The van der Waals surface area contributed by atoms with Crippen molar-refractivity contribution in [3.8, 4) is 11.4 Å². The summed E-state index contributed by atoms with van der Waals surface area (Å²) in [7, 11) is 0. The standard InChI is InChI=1S/C22H18ClN3.ClH/c1-2-15-7-3-5-9-19(15)24-22-18-8-4-6-10-20(18)25-21(26-22)16-11-13-17(23)14-12-16;/h3-14H,2H2,1H3,(H,24,25,26);1H. The van der Waals surface area contributed by atoms with E-state index in [0.717, 1.165) is 34.4 Å². The molecule has 0 amide bonds. The molecule has 0 saturated carbocycles. The van der Waals surface area contributed by atoms with E-state index >= 15 is 0 Å². The molecule has 3 aromatic carbocycles. The van der Waals surface area contributed by atoms with Crippen molar-refractivity contribution in [2.24, 2.45) is 0 Å². The lowest BCUT2D eigenvalue weighted by Gasteiger charge is -2.13. The Balaban J connectivity index is 0.00000210. The van der Waals surface area contributed by atoms with Gasteiger partial charge in [0.2, 0.25) is 0 Å². The molecular weight excluding hydrogens is 377 g/mol. The fraction of sp³-hybridized carbons (Fsp3) is 0.0909. The molecule has 4 aromatic rings. The fourth-order valence-corrected chi connectivity index (χ4v) is 3.10. The number of rotatable bonds is 4. The van der Waals surface area contributed by atoms with Gasteiger partial charge in [-0.3, -0.25) is 0 Å². The largest absolute Gasteiger partial charge is 0.339 e. The van der Waals surface area contributed by atoms with Gasteiger partial charge in [-0.2, -0.15) is 0 Å². The number of anilines is 2. The van der Waals surface area contributed by atoms with Crippen molar-refractivity contribution < 1.29 is 0 Å². The van der Waals surface area contributed by atoms with Gasteiger partial charge in [0.1, 0.15) is 5.82 Å². The molecule has 0 radical (unpaired) electrons. The number of hydrogen-bond acceptors (Lipinski definition) is 3. The van der Waals surface area contributed by atoms with Crippen LogP contribution in [-0.4, -0.2) is 9.97 Å². The first-order chi connectivity index (χ1) is 12.7. The minimum atomic E-state index is 0. The van der Waals surface area contributed by atoms with Crippen LogP contribution in [0.25, 0.3) is 22.3 Å². The van der Waals surface area contributed by atoms with Crippen molar-refractivity contribution in [2.45, 2.75) is 13.3 Å². The maximum absolute atomic E-state index is 6.01. The van der Waals surface area contributed by atoms with Crippen LogP contribution in [0, 0.1) is 0 Å². The maximum Gasteiger partial charge on any atom is 0.162 e. The monoisotopic (exact) mass is 395 g/mol. The Hall–Kier alpha value is -2.62. The average Bonchev–Trinajstić information content (AvgIpc) is 2.69. The van der Waals surface area contributed by atoms with Crippen molar-refractivity contribution in [1.82, 2.24) is 9.97 Å². The highest BCUT2D eigenvalue weighted by Gasteiger charge is 2.11. The Kier molecular flexibility index (Phi) is 5.94. The van der Waals surface area contributed by atoms with Crippen molar-refractivity contribution in [1.29, 1.82) is 0 Å². The predicted molar refractivity (Wildman–Crippen MR) is 116 cm³/mol. The molecule has 0 fully saturated rings. The van der Waals surface area contributed by atoms with Gasteiger partial charge in [0, 0.05) is 21.7 Å². The van der Waals surface area contributed by atoms with Gasteiger partial charge in [-0.05, 0) is 54.4 Å². The van der Waals surface area contributed by atoms with Gasteiger partial charge in [0.15, 0.2) is 5.82 Å². The molecule has 0 saturated heterocycles. The number of halogens is 2. The smallest absolute Gasteiger partial charge is 0.162 e. The number of aryl methyl sites for hydroxylation is 1. The number of nitrogens with one attached hydrogen (secondary N) is 1. The fourth-order valence-electron chi connectivity index (χ4n) is 2.98. The highest BCUT2D eigenvalue weighted by Crippen LogP contribution is 2.29. The lowest BCUT2D eigenvalue weighted by Crippen LogP contribution is -2.01. The van der Waals surface area contributed by atoms with Crippen LogP contribution >= 0.6 is 24.0 Å². The summed E-state index contributed by atoms with van der Waals surface area (Å²) in [5.74, 6) is 1.48. The van der Waals surface area contributed by atoms with Gasteiger partial charge >= 0.3 is 0 Å². The Morgan fingerprint density at radius 1 is 0.852 bits per heavy atom. The van der Waals surface area contributed by atoms with Crippen LogP contribution in [0.3, 0.4) is 0 Å². The molecule has 0 aliphatic rings. The van der Waals surface area contributed by atoms with Crippen LogP contribution in [0.5, 0.6) is 0 Å². The first-order valence-corrected chi connectivity index (χ1v) is 9.00. The highest BCUT2D eigenvalue weighted by molar-refractivity contribution is 6.30. The van der Waals surface area contributed by atoms with E-state index in [2.05, 4.69) is 30.4 Å². The third-order valence-electron chi connectivity index (χ3n) is 4.36. The molecule has 0 aliphatic heterocycles. The molecule has 0 spiro atoms. The van der Waals surface area contributed by atoms with E-state index < -0.39 is 0 Å². The third kappa shape index (κ3) is 4.05. The van der Waals surface area contributed by atoms with Crippen LogP contribution in [0.2, 0.25) is 5.02 Å². The highest BCUT2D eigenvalue weighted by atomic mass is 35.5. The lowest BCUT2D eigenvalue weighted by atomic mass is 10.1. The van der Waals surface area contributed by atoms with Gasteiger partial charge in [-0.1, -0.05) is 48.9 Å². The molecule has 4 rings (SSSR count). The second-order valence-electron chi connectivity index (χ2n) is 6.06. The number of fused-ring (bicyclic) bond motifs is 1. The van der Waals surface area contributed by atoms with Crippen molar-refractivity contribution >= 4 is 46.4 Å². The molecule has 136 valence electrons. The van der Waals surface area contributed by atoms with Gasteiger partial charge in [-0.15, -0.1) is 12.4 Å². The van der Waals surface area contributed by atoms with Gasteiger partial charge in [-0.25, -0.2) is 9.97 Å². The SMILES string of the molecule is CCc1ccccc1Nc1nc(-c2ccc(Cl)cc2)nc2ccccc12.Cl. The second kappa shape index (κ2) is 8.38. The van der Waals surface area contributed by atoms with Crippen LogP contribution in [-0.2, 0) is 6.42 Å². The van der Waals surface area contributed by atoms with E-state index in [4.69, 9.17) is 21.6 Å². The summed E-state index contributed by atoms with van der Waals surface area (Å²) in [5, 5.41) is 5.21. The summed E-state index contributed by atoms with van der Waals surface area (Å²) in [4.78, 5) is 9.53. The molecule has 27 heavy (non-hydrogen) atoms. The van der Waals surface area contributed by atoms with Crippen LogP contribution < -0.4 is 5.32 Å². The summed E-state index contributed by atoms with van der Waals surface area (Å²) in [6.07, 6.45) is 0.955. The van der Waals surface area contributed by atoms with Crippen molar-refractivity contribution in [3.05, 3.63) is 83.4 Å². The van der Waals surface area contributed by atoms with E-state index in [9.17, 15) is 0 Å².